The van der Waals surface area contributed by atoms with Gasteiger partial charge in [-0.15, -0.1) is 4.99 Å². The minimum absolute atomic E-state index is 0.00959. The van der Waals surface area contributed by atoms with Gasteiger partial charge < -0.3 is 29.6 Å². The van der Waals surface area contributed by atoms with E-state index < -0.39 is 12.9 Å². The molecule has 1 fully saturated rings. The molecule has 0 aliphatic heterocycles. The van der Waals surface area contributed by atoms with Crippen molar-refractivity contribution in [2.24, 2.45) is 10.7 Å². The lowest BCUT2D eigenvalue weighted by Gasteiger charge is -2.29. The summed E-state index contributed by atoms with van der Waals surface area (Å²) in [5.41, 5.74) is 6.79. The van der Waals surface area contributed by atoms with Crippen LogP contribution in [0, 0.1) is 11.5 Å². The molecule has 1 aliphatic carbocycles. The Morgan fingerprint density at radius 1 is 1.23 bits per heavy atom. The van der Waals surface area contributed by atoms with Crippen LogP contribution in [-0.2, 0) is 9.47 Å². The van der Waals surface area contributed by atoms with E-state index in [0.717, 1.165) is 31.2 Å². The minimum atomic E-state index is -2.94. The highest BCUT2D eigenvalue weighted by molar-refractivity contribution is 5.79. The third-order valence-electron chi connectivity index (χ3n) is 5.23. The average molecular weight is 440 g/mol. The second-order valence-electron chi connectivity index (χ2n) is 7.39. The van der Waals surface area contributed by atoms with Crippen molar-refractivity contribution in [1.82, 2.24) is 4.90 Å². The molecule has 1 atom stereocenters. The predicted octanol–water partition coefficient (Wildman–Crippen LogP) is 3.43. The molecule has 0 saturated heterocycles. The van der Waals surface area contributed by atoms with E-state index in [-0.39, 0.29) is 30.3 Å². The molecule has 1 unspecified atom stereocenters. The molecule has 1 aromatic carbocycles. The summed E-state index contributed by atoms with van der Waals surface area (Å²) in [5, 5.41) is 8.86. The summed E-state index contributed by atoms with van der Waals surface area (Å²) in [5.74, 6) is 0.245. The van der Waals surface area contributed by atoms with E-state index >= 15 is 0 Å². The van der Waals surface area contributed by atoms with Gasteiger partial charge in [-0.05, 0) is 49.3 Å². The fraction of sp³-hybridized carbons (Fsp3) is 0.619. The van der Waals surface area contributed by atoms with Crippen molar-refractivity contribution in [2.45, 2.75) is 57.5 Å². The highest BCUT2D eigenvalue weighted by atomic mass is 19.3. The van der Waals surface area contributed by atoms with Gasteiger partial charge in [0.2, 0.25) is 12.2 Å². The molecule has 0 bridgehead atoms. The first kappa shape index (κ1) is 24.6. The molecule has 1 aromatic rings. The number of alkyl halides is 2. The number of hydrogen-bond acceptors (Lipinski definition) is 6. The molecule has 0 amide bonds. The summed E-state index contributed by atoms with van der Waals surface area (Å²) in [6.07, 6.45) is 4.98. The molecule has 2 N–H and O–H groups in total. The molecule has 2 rings (SSSR count). The van der Waals surface area contributed by atoms with Crippen LogP contribution >= 0.6 is 0 Å². The lowest BCUT2D eigenvalue weighted by molar-refractivity contribution is -0.109. The van der Waals surface area contributed by atoms with Gasteiger partial charge in [-0.2, -0.15) is 14.0 Å². The molecule has 0 heterocycles. The van der Waals surface area contributed by atoms with Gasteiger partial charge in [-0.25, -0.2) is 0 Å². The smallest absolute Gasteiger partial charge is 0.387 e. The maximum Gasteiger partial charge on any atom is 0.387 e. The molecule has 0 radical (unpaired) electrons. The van der Waals surface area contributed by atoms with E-state index in [4.69, 9.17) is 25.2 Å². The van der Waals surface area contributed by atoms with Gasteiger partial charge in [0.25, 0.3) is 0 Å². The largest absolute Gasteiger partial charge is 0.487 e. The Morgan fingerprint density at radius 2 is 1.90 bits per heavy atom. The number of ether oxygens (including phenoxy) is 4. The van der Waals surface area contributed by atoms with E-state index in [1.807, 2.05) is 6.92 Å². The molecule has 1 aliphatic rings. The molecule has 172 valence electrons. The Kier molecular flexibility index (Phi) is 9.75. The van der Waals surface area contributed by atoms with E-state index in [2.05, 4.69) is 9.73 Å². The van der Waals surface area contributed by atoms with Gasteiger partial charge in [0, 0.05) is 20.8 Å². The third-order valence-corrected chi connectivity index (χ3v) is 5.23. The Labute approximate surface area is 181 Å². The van der Waals surface area contributed by atoms with E-state index in [1.165, 1.54) is 20.3 Å². The molecular weight excluding hydrogens is 410 g/mol. The normalized spacial score (nSPS) is 15.9. The van der Waals surface area contributed by atoms with Crippen molar-refractivity contribution in [3.05, 3.63) is 23.8 Å². The van der Waals surface area contributed by atoms with E-state index in [9.17, 15) is 8.78 Å². The second kappa shape index (κ2) is 12.3. The summed E-state index contributed by atoms with van der Waals surface area (Å²) in [6.45, 7) is -0.347. The number of nitrogens with zero attached hydrogens (tertiary/aromatic N) is 3. The number of guanidine groups is 1. The maximum atomic E-state index is 12.8. The van der Waals surface area contributed by atoms with Crippen molar-refractivity contribution in [3.63, 3.8) is 0 Å². The SMILES string of the molecule is COC(CN(CC(C)c1ccc(OC(F)F)c(OC2CCCC2)c1)C(N)=NC#N)OC. The molecule has 0 aromatic heterocycles. The second-order valence-corrected chi connectivity index (χ2v) is 7.39. The van der Waals surface area contributed by atoms with Crippen LogP contribution in [0.2, 0.25) is 0 Å². The van der Waals surface area contributed by atoms with Gasteiger partial charge in [0.15, 0.2) is 17.8 Å². The Morgan fingerprint density at radius 3 is 2.48 bits per heavy atom. The monoisotopic (exact) mass is 440 g/mol. The maximum absolute atomic E-state index is 12.8. The summed E-state index contributed by atoms with van der Waals surface area (Å²) in [6, 6.07) is 4.93. The number of halogens is 2. The number of hydrogen-bond donors (Lipinski definition) is 1. The molecule has 0 spiro atoms. The predicted molar refractivity (Wildman–Crippen MR) is 111 cm³/mol. The van der Waals surface area contributed by atoms with Gasteiger partial charge >= 0.3 is 6.61 Å². The van der Waals surface area contributed by atoms with Crippen molar-refractivity contribution in [1.29, 1.82) is 5.26 Å². The first-order chi connectivity index (χ1) is 14.9. The first-order valence-electron chi connectivity index (χ1n) is 10.2. The van der Waals surface area contributed by atoms with Gasteiger partial charge in [0.1, 0.15) is 0 Å². The van der Waals surface area contributed by atoms with E-state index in [0.29, 0.717) is 12.3 Å². The number of nitrogens with two attached hydrogens (primary N) is 1. The van der Waals surface area contributed by atoms with Crippen LogP contribution in [-0.4, -0.2) is 57.2 Å². The number of benzene rings is 1. The van der Waals surface area contributed by atoms with Crippen LogP contribution in [0.1, 0.15) is 44.1 Å². The summed E-state index contributed by atoms with van der Waals surface area (Å²) in [7, 11) is 3.00. The van der Waals surface area contributed by atoms with Crippen LogP contribution in [0.15, 0.2) is 23.2 Å². The third kappa shape index (κ3) is 7.52. The van der Waals surface area contributed by atoms with Crippen molar-refractivity contribution < 1.29 is 27.7 Å². The van der Waals surface area contributed by atoms with Crippen molar-refractivity contribution in [2.75, 3.05) is 27.3 Å². The van der Waals surface area contributed by atoms with Crippen molar-refractivity contribution in [3.8, 4) is 17.7 Å². The fourth-order valence-electron chi connectivity index (χ4n) is 3.55. The Hall–Kier alpha value is -2.64. The Balaban J connectivity index is 2.23. The number of rotatable bonds is 11. The van der Waals surface area contributed by atoms with E-state index in [1.54, 1.807) is 23.2 Å². The average Bonchev–Trinajstić information content (AvgIpc) is 3.25. The van der Waals surface area contributed by atoms with Crippen LogP contribution in [0.5, 0.6) is 11.5 Å². The van der Waals surface area contributed by atoms with Gasteiger partial charge in [0.05, 0.1) is 12.6 Å². The summed E-state index contributed by atoms with van der Waals surface area (Å²) in [4.78, 5) is 5.29. The topological polar surface area (TPSA) is 102 Å². The number of nitriles is 1. The minimum Gasteiger partial charge on any atom is -0.487 e. The lowest BCUT2D eigenvalue weighted by Crippen LogP contribution is -2.44. The zero-order valence-corrected chi connectivity index (χ0v) is 18.1. The Bertz CT molecular complexity index is 762. The first-order valence-corrected chi connectivity index (χ1v) is 10.2. The molecule has 10 heteroatoms. The van der Waals surface area contributed by atoms with Gasteiger partial charge in [-0.1, -0.05) is 13.0 Å². The zero-order valence-electron chi connectivity index (χ0n) is 18.1. The zero-order chi connectivity index (χ0) is 22.8. The summed E-state index contributed by atoms with van der Waals surface area (Å²) >= 11 is 0. The molecule has 31 heavy (non-hydrogen) atoms. The van der Waals surface area contributed by atoms with Crippen molar-refractivity contribution >= 4 is 5.96 Å². The van der Waals surface area contributed by atoms with Crippen LogP contribution in [0.4, 0.5) is 8.78 Å². The molecule has 1 saturated carbocycles. The van der Waals surface area contributed by atoms with Crippen LogP contribution < -0.4 is 15.2 Å². The molecule has 8 nitrogen and oxygen atoms in total. The highest BCUT2D eigenvalue weighted by Crippen LogP contribution is 2.35. The standard InChI is InChI=1S/C21H30F2N4O4/c1-14(11-27(21(25)26-13-24)12-19(28-2)29-3)15-8-9-17(31-20(22)23)18(10-15)30-16-6-4-5-7-16/h8-10,14,16,19-20H,4-7,11-12H2,1-3H3,(H2,25,26). The van der Waals surface area contributed by atoms with Crippen LogP contribution in [0.3, 0.4) is 0 Å². The quantitative estimate of drug-likeness (QED) is 0.243. The van der Waals surface area contributed by atoms with Crippen LogP contribution in [0.25, 0.3) is 0 Å². The highest BCUT2D eigenvalue weighted by Gasteiger charge is 2.23. The number of methoxy groups -OCH3 is 2. The fourth-order valence-corrected chi connectivity index (χ4v) is 3.55. The van der Waals surface area contributed by atoms with Gasteiger partial charge in [-0.3, -0.25) is 0 Å². The number of aliphatic imine (C=N–C) groups is 1. The lowest BCUT2D eigenvalue weighted by atomic mass is 10.00. The summed E-state index contributed by atoms with van der Waals surface area (Å²) < 4.78 is 46.8. The molecular formula is C21H30F2N4O4.